The molecule has 0 atom stereocenters. The highest BCUT2D eigenvalue weighted by Gasteiger charge is 2.48. The fourth-order valence-corrected chi connectivity index (χ4v) is 2.45. The minimum absolute atomic E-state index is 0.0946. The van der Waals surface area contributed by atoms with E-state index >= 15 is 0 Å². The van der Waals surface area contributed by atoms with Crippen molar-refractivity contribution in [2.24, 2.45) is 0 Å². The summed E-state index contributed by atoms with van der Waals surface area (Å²) in [6.45, 7) is 0. The van der Waals surface area contributed by atoms with Crippen LogP contribution in [0.3, 0.4) is 0 Å². The summed E-state index contributed by atoms with van der Waals surface area (Å²) < 4.78 is 78.3. The summed E-state index contributed by atoms with van der Waals surface area (Å²) in [5, 5.41) is 0. The van der Waals surface area contributed by atoms with Gasteiger partial charge < -0.3 is 4.42 Å². The molecule has 0 saturated heterocycles. The minimum atomic E-state index is -5.66. The van der Waals surface area contributed by atoms with E-state index in [1.54, 1.807) is 0 Å². The lowest BCUT2D eigenvalue weighted by atomic mass is 10.2. The van der Waals surface area contributed by atoms with Crippen molar-refractivity contribution in [2.75, 3.05) is 0 Å². The van der Waals surface area contributed by atoms with Crippen molar-refractivity contribution in [3.05, 3.63) is 42.4 Å². The maximum atomic E-state index is 13.0. The molecule has 1 aromatic heterocycles. The van der Waals surface area contributed by atoms with Crippen molar-refractivity contribution in [1.29, 1.82) is 0 Å². The van der Waals surface area contributed by atoms with Crippen molar-refractivity contribution < 1.29 is 30.4 Å². The van der Waals surface area contributed by atoms with Crippen LogP contribution < -0.4 is 0 Å². The molecule has 1 heterocycles. The van der Waals surface area contributed by atoms with Crippen LogP contribution in [0.15, 0.2) is 45.9 Å². The lowest BCUT2D eigenvalue weighted by molar-refractivity contribution is -0.0435. The van der Waals surface area contributed by atoms with Crippen molar-refractivity contribution in [3.63, 3.8) is 0 Å². The predicted octanol–water partition coefficient (Wildman–Crippen LogP) is 3.38. The van der Waals surface area contributed by atoms with Gasteiger partial charge in [-0.3, -0.25) is 0 Å². The summed E-state index contributed by atoms with van der Waals surface area (Å²) in [6.07, 6.45) is 1.17. The number of benzene rings is 1. The average molecular weight is 294 g/mol. The Kier molecular flexibility index (Phi) is 3.13. The van der Waals surface area contributed by atoms with Gasteiger partial charge in [-0.2, -0.15) is 13.2 Å². The van der Waals surface area contributed by atoms with Gasteiger partial charge >= 0.3 is 5.51 Å². The van der Waals surface area contributed by atoms with E-state index in [2.05, 4.69) is 0 Å². The largest absolute Gasteiger partial charge is 0.501 e. The van der Waals surface area contributed by atoms with Gasteiger partial charge in [0, 0.05) is 5.56 Å². The second kappa shape index (κ2) is 4.37. The molecular weight excluding hydrogens is 288 g/mol. The zero-order chi connectivity index (χ0) is 14.3. The number of sulfone groups is 1. The molecule has 0 bridgehead atoms. The maximum absolute atomic E-state index is 13.0. The van der Waals surface area contributed by atoms with Crippen LogP contribution >= 0.6 is 0 Å². The number of hydrogen-bond donors (Lipinski definition) is 0. The highest BCUT2D eigenvalue weighted by Crippen LogP contribution is 2.36. The third-order valence-electron chi connectivity index (χ3n) is 2.32. The molecule has 0 N–H and O–H groups in total. The monoisotopic (exact) mass is 294 g/mol. The number of furan rings is 1. The Morgan fingerprint density at radius 1 is 1.11 bits per heavy atom. The number of hydrogen-bond acceptors (Lipinski definition) is 3. The molecule has 19 heavy (non-hydrogen) atoms. The van der Waals surface area contributed by atoms with Crippen LogP contribution in [0.5, 0.6) is 0 Å². The second-order valence-electron chi connectivity index (χ2n) is 3.57. The van der Waals surface area contributed by atoms with Gasteiger partial charge in [-0.1, -0.05) is 0 Å². The van der Waals surface area contributed by atoms with E-state index in [-0.39, 0.29) is 11.3 Å². The molecule has 0 spiro atoms. The topological polar surface area (TPSA) is 47.3 Å². The Labute approximate surface area is 105 Å². The first-order valence-corrected chi connectivity index (χ1v) is 6.36. The standard InChI is InChI=1S/C11H6F4O3S/c12-7-3-4-8(9-2-1-5-18-9)10(6-7)19(16,17)11(13,14)15/h1-6H. The van der Waals surface area contributed by atoms with Crippen molar-refractivity contribution in [1.82, 2.24) is 0 Å². The Hall–Kier alpha value is -1.83. The molecule has 0 aliphatic heterocycles. The van der Waals surface area contributed by atoms with Crippen molar-refractivity contribution in [2.45, 2.75) is 10.4 Å². The van der Waals surface area contributed by atoms with E-state index in [4.69, 9.17) is 4.42 Å². The normalized spacial score (nSPS) is 12.6. The number of rotatable bonds is 2. The smallest absolute Gasteiger partial charge is 0.464 e. The van der Waals surface area contributed by atoms with Crippen LogP contribution in [0.1, 0.15) is 0 Å². The summed E-state index contributed by atoms with van der Waals surface area (Å²) >= 11 is 0. The number of alkyl halides is 3. The molecule has 2 aromatic rings. The zero-order valence-electron chi connectivity index (χ0n) is 9.11. The van der Waals surface area contributed by atoms with Crippen LogP contribution in [0.2, 0.25) is 0 Å². The fraction of sp³-hybridized carbons (Fsp3) is 0.0909. The molecule has 102 valence electrons. The molecule has 2 rings (SSSR count). The SMILES string of the molecule is O=S(=O)(c1cc(F)ccc1-c1ccco1)C(F)(F)F. The van der Waals surface area contributed by atoms with Gasteiger partial charge in [0.25, 0.3) is 9.84 Å². The van der Waals surface area contributed by atoms with E-state index in [0.717, 1.165) is 12.1 Å². The summed E-state index contributed by atoms with van der Waals surface area (Å²) in [5.74, 6) is -1.18. The number of halogens is 4. The van der Waals surface area contributed by atoms with Gasteiger partial charge in [-0.25, -0.2) is 12.8 Å². The van der Waals surface area contributed by atoms with Crippen LogP contribution in [-0.4, -0.2) is 13.9 Å². The Morgan fingerprint density at radius 2 is 1.79 bits per heavy atom. The molecule has 3 nitrogen and oxygen atoms in total. The van der Waals surface area contributed by atoms with E-state index < -0.39 is 26.1 Å². The minimum Gasteiger partial charge on any atom is -0.464 e. The van der Waals surface area contributed by atoms with Crippen LogP contribution in [0.4, 0.5) is 17.6 Å². The predicted molar refractivity (Wildman–Crippen MR) is 57.3 cm³/mol. The van der Waals surface area contributed by atoms with E-state index in [0.29, 0.717) is 6.07 Å². The van der Waals surface area contributed by atoms with Crippen molar-refractivity contribution >= 4 is 9.84 Å². The maximum Gasteiger partial charge on any atom is 0.501 e. The molecule has 0 amide bonds. The molecule has 0 radical (unpaired) electrons. The molecule has 8 heteroatoms. The lowest BCUT2D eigenvalue weighted by Crippen LogP contribution is -2.24. The van der Waals surface area contributed by atoms with Gasteiger partial charge in [-0.15, -0.1) is 0 Å². The fourth-order valence-electron chi connectivity index (χ4n) is 1.48. The van der Waals surface area contributed by atoms with Crippen LogP contribution in [0.25, 0.3) is 11.3 Å². The second-order valence-corrected chi connectivity index (χ2v) is 5.48. The Balaban J connectivity index is 2.74. The van der Waals surface area contributed by atoms with Crippen molar-refractivity contribution in [3.8, 4) is 11.3 Å². The van der Waals surface area contributed by atoms with E-state index in [1.165, 1.54) is 18.4 Å². The molecule has 0 unspecified atom stereocenters. The van der Waals surface area contributed by atoms with Crippen LogP contribution in [-0.2, 0) is 9.84 Å². The van der Waals surface area contributed by atoms with E-state index in [9.17, 15) is 26.0 Å². The summed E-state index contributed by atoms with van der Waals surface area (Å²) in [7, 11) is -5.66. The van der Waals surface area contributed by atoms with Gasteiger partial charge in [-0.05, 0) is 30.3 Å². The first kappa shape index (κ1) is 13.6. The van der Waals surface area contributed by atoms with Gasteiger partial charge in [0.1, 0.15) is 11.6 Å². The molecular formula is C11H6F4O3S. The molecule has 0 aliphatic rings. The third kappa shape index (κ3) is 2.35. The van der Waals surface area contributed by atoms with Gasteiger partial charge in [0.2, 0.25) is 0 Å². The van der Waals surface area contributed by atoms with E-state index in [1.807, 2.05) is 0 Å². The highest BCUT2D eigenvalue weighted by atomic mass is 32.2. The summed E-state index contributed by atoms with van der Waals surface area (Å²) in [6, 6.07) is 4.76. The Bertz CT molecular complexity index is 687. The third-order valence-corrected chi connectivity index (χ3v) is 3.85. The summed E-state index contributed by atoms with van der Waals surface area (Å²) in [5.41, 5.74) is -5.86. The zero-order valence-corrected chi connectivity index (χ0v) is 9.93. The molecule has 0 aliphatic carbocycles. The highest BCUT2D eigenvalue weighted by molar-refractivity contribution is 7.92. The van der Waals surface area contributed by atoms with Gasteiger partial charge in [0.05, 0.1) is 11.2 Å². The first-order chi connectivity index (χ1) is 8.73. The summed E-state index contributed by atoms with van der Waals surface area (Å²) in [4.78, 5) is -1.17. The lowest BCUT2D eigenvalue weighted by Gasteiger charge is -2.11. The first-order valence-electron chi connectivity index (χ1n) is 4.88. The quantitative estimate of drug-likeness (QED) is 0.798. The Morgan fingerprint density at radius 3 is 2.32 bits per heavy atom. The van der Waals surface area contributed by atoms with Gasteiger partial charge in [0.15, 0.2) is 0 Å². The molecule has 0 fully saturated rings. The van der Waals surface area contributed by atoms with Crippen LogP contribution in [0, 0.1) is 5.82 Å². The molecule has 0 saturated carbocycles. The average Bonchev–Trinajstić information content (AvgIpc) is 2.80. The molecule has 1 aromatic carbocycles.